The third-order valence-electron chi connectivity index (χ3n) is 4.33. The van der Waals surface area contributed by atoms with Crippen LogP contribution in [0.15, 0.2) is 34.9 Å². The number of aromatic nitrogens is 1. The molecule has 3 rings (SSSR count). The lowest BCUT2D eigenvalue weighted by atomic mass is 10.1. The Balaban J connectivity index is 1.54. The lowest BCUT2D eigenvalue weighted by Gasteiger charge is -2.34. The van der Waals surface area contributed by atoms with E-state index in [-0.39, 0.29) is 5.91 Å². The molecule has 0 bridgehead atoms. The van der Waals surface area contributed by atoms with E-state index in [1.54, 1.807) is 0 Å². The first-order valence-corrected chi connectivity index (χ1v) is 8.18. The maximum Gasteiger partial charge on any atom is 0.253 e. The van der Waals surface area contributed by atoms with Crippen molar-refractivity contribution in [3.05, 3.63) is 52.9 Å². The van der Waals surface area contributed by atoms with Gasteiger partial charge in [-0.15, -0.1) is 0 Å². The average molecular weight is 313 g/mol. The monoisotopic (exact) mass is 313 g/mol. The number of hydrogen-bond donors (Lipinski definition) is 0. The van der Waals surface area contributed by atoms with Crippen LogP contribution in [-0.2, 0) is 13.0 Å². The highest BCUT2D eigenvalue weighted by Gasteiger charge is 2.22. The van der Waals surface area contributed by atoms with Gasteiger partial charge in [-0.2, -0.15) is 0 Å². The molecule has 23 heavy (non-hydrogen) atoms. The van der Waals surface area contributed by atoms with Gasteiger partial charge in [-0.1, -0.05) is 24.2 Å². The van der Waals surface area contributed by atoms with Gasteiger partial charge in [0.15, 0.2) is 0 Å². The maximum atomic E-state index is 12.5. The molecule has 0 N–H and O–H groups in total. The average Bonchev–Trinajstić information content (AvgIpc) is 3.00. The van der Waals surface area contributed by atoms with E-state index in [9.17, 15) is 4.79 Å². The summed E-state index contributed by atoms with van der Waals surface area (Å²) < 4.78 is 5.10. The number of benzene rings is 1. The van der Waals surface area contributed by atoms with E-state index in [4.69, 9.17) is 4.52 Å². The van der Waals surface area contributed by atoms with Crippen molar-refractivity contribution < 1.29 is 9.32 Å². The Morgan fingerprint density at radius 1 is 1.17 bits per heavy atom. The molecule has 1 aliphatic heterocycles. The molecule has 0 aliphatic carbocycles. The molecule has 5 nitrogen and oxygen atoms in total. The zero-order chi connectivity index (χ0) is 16.2. The molecule has 0 spiro atoms. The van der Waals surface area contributed by atoms with Crippen molar-refractivity contribution >= 4 is 5.91 Å². The predicted octanol–water partition coefficient (Wildman–Crippen LogP) is 2.50. The molecule has 1 saturated heterocycles. The van der Waals surface area contributed by atoms with Crippen LogP contribution < -0.4 is 0 Å². The van der Waals surface area contributed by atoms with Gasteiger partial charge < -0.3 is 9.42 Å². The summed E-state index contributed by atoms with van der Waals surface area (Å²) in [5.74, 6) is 0.967. The van der Waals surface area contributed by atoms with E-state index in [1.165, 1.54) is 5.56 Å². The minimum Gasteiger partial charge on any atom is -0.361 e. The first kappa shape index (κ1) is 15.7. The predicted molar refractivity (Wildman–Crippen MR) is 88.2 cm³/mol. The molecule has 1 amide bonds. The number of piperazine rings is 1. The highest BCUT2D eigenvalue weighted by Crippen LogP contribution is 2.13. The van der Waals surface area contributed by atoms with Gasteiger partial charge in [0.1, 0.15) is 5.76 Å². The second kappa shape index (κ2) is 6.96. The van der Waals surface area contributed by atoms with Gasteiger partial charge >= 0.3 is 0 Å². The fraction of sp³-hybridized carbons (Fsp3) is 0.444. The third-order valence-corrected chi connectivity index (χ3v) is 4.33. The van der Waals surface area contributed by atoms with Crippen LogP contribution in [0.5, 0.6) is 0 Å². The summed E-state index contributed by atoms with van der Waals surface area (Å²) in [5, 5.41) is 4.03. The van der Waals surface area contributed by atoms with Gasteiger partial charge in [0.05, 0.1) is 5.69 Å². The van der Waals surface area contributed by atoms with E-state index >= 15 is 0 Å². The Bertz CT molecular complexity index is 655. The summed E-state index contributed by atoms with van der Waals surface area (Å²) in [7, 11) is 0. The maximum absolute atomic E-state index is 12.5. The summed E-state index contributed by atoms with van der Waals surface area (Å²) in [5.41, 5.74) is 2.99. The quantitative estimate of drug-likeness (QED) is 0.870. The zero-order valence-corrected chi connectivity index (χ0v) is 13.8. The standard InChI is InChI=1S/C18H23N3O2/c1-3-15-4-6-16(7-5-15)18(22)21-10-8-20(9-11-21)13-17-12-14(2)23-19-17/h4-7,12H,3,8-11,13H2,1-2H3. The number of aryl methyl sites for hydroxylation is 2. The normalized spacial score (nSPS) is 15.8. The van der Waals surface area contributed by atoms with Gasteiger partial charge in [-0.3, -0.25) is 9.69 Å². The highest BCUT2D eigenvalue weighted by atomic mass is 16.5. The molecule has 5 heteroatoms. The van der Waals surface area contributed by atoms with Gasteiger partial charge in [-0.05, 0) is 31.0 Å². The van der Waals surface area contributed by atoms with Crippen LogP contribution in [-0.4, -0.2) is 47.0 Å². The molecule has 0 atom stereocenters. The van der Waals surface area contributed by atoms with Crippen molar-refractivity contribution in [2.45, 2.75) is 26.8 Å². The fourth-order valence-electron chi connectivity index (χ4n) is 2.90. The van der Waals surface area contributed by atoms with Crippen molar-refractivity contribution in [3.63, 3.8) is 0 Å². The molecule has 122 valence electrons. The summed E-state index contributed by atoms with van der Waals surface area (Å²) in [4.78, 5) is 16.8. The van der Waals surface area contributed by atoms with Crippen LogP contribution in [0.2, 0.25) is 0 Å². The molecule has 1 aromatic heterocycles. The van der Waals surface area contributed by atoms with Gasteiger partial charge in [0.2, 0.25) is 0 Å². The lowest BCUT2D eigenvalue weighted by Crippen LogP contribution is -2.48. The second-order valence-corrected chi connectivity index (χ2v) is 6.05. The van der Waals surface area contributed by atoms with Crippen LogP contribution >= 0.6 is 0 Å². The van der Waals surface area contributed by atoms with E-state index in [2.05, 4.69) is 17.0 Å². The minimum atomic E-state index is 0.129. The zero-order valence-electron chi connectivity index (χ0n) is 13.8. The van der Waals surface area contributed by atoms with Crippen LogP contribution in [0.3, 0.4) is 0 Å². The van der Waals surface area contributed by atoms with Crippen molar-refractivity contribution in [3.8, 4) is 0 Å². The lowest BCUT2D eigenvalue weighted by molar-refractivity contribution is 0.0625. The summed E-state index contributed by atoms with van der Waals surface area (Å²) in [6.45, 7) is 8.04. The Kier molecular flexibility index (Phi) is 4.76. The number of hydrogen-bond acceptors (Lipinski definition) is 4. The molecule has 1 aromatic carbocycles. The largest absolute Gasteiger partial charge is 0.361 e. The molecular formula is C18H23N3O2. The highest BCUT2D eigenvalue weighted by molar-refractivity contribution is 5.94. The first-order chi connectivity index (χ1) is 11.2. The van der Waals surface area contributed by atoms with Crippen LogP contribution in [0.25, 0.3) is 0 Å². The van der Waals surface area contributed by atoms with Gasteiger partial charge in [0, 0.05) is 44.4 Å². The Labute approximate surface area is 136 Å². The minimum absolute atomic E-state index is 0.129. The van der Waals surface area contributed by atoms with Crippen molar-refractivity contribution in [2.75, 3.05) is 26.2 Å². The van der Waals surface area contributed by atoms with E-state index < -0.39 is 0 Å². The molecule has 0 radical (unpaired) electrons. The third kappa shape index (κ3) is 3.79. The van der Waals surface area contributed by atoms with Gasteiger partial charge in [0.25, 0.3) is 5.91 Å². The molecular weight excluding hydrogens is 290 g/mol. The number of carbonyl (C=O) groups is 1. The molecule has 1 aliphatic rings. The molecule has 2 heterocycles. The Hall–Kier alpha value is -2.14. The Morgan fingerprint density at radius 3 is 2.43 bits per heavy atom. The van der Waals surface area contributed by atoms with Crippen molar-refractivity contribution in [1.29, 1.82) is 0 Å². The summed E-state index contributed by atoms with van der Waals surface area (Å²) >= 11 is 0. The van der Waals surface area contributed by atoms with E-state index in [0.717, 1.165) is 56.2 Å². The molecule has 1 fully saturated rings. The smallest absolute Gasteiger partial charge is 0.253 e. The molecule has 2 aromatic rings. The van der Waals surface area contributed by atoms with Crippen LogP contribution in [0.4, 0.5) is 0 Å². The number of nitrogens with zero attached hydrogens (tertiary/aromatic N) is 3. The number of carbonyl (C=O) groups excluding carboxylic acids is 1. The van der Waals surface area contributed by atoms with Crippen molar-refractivity contribution in [1.82, 2.24) is 15.0 Å². The fourth-order valence-corrected chi connectivity index (χ4v) is 2.90. The second-order valence-electron chi connectivity index (χ2n) is 6.05. The summed E-state index contributed by atoms with van der Waals surface area (Å²) in [6.07, 6.45) is 0.995. The SMILES string of the molecule is CCc1ccc(C(=O)N2CCN(Cc3cc(C)on3)CC2)cc1. The first-order valence-electron chi connectivity index (χ1n) is 8.18. The number of rotatable bonds is 4. The Morgan fingerprint density at radius 2 is 1.87 bits per heavy atom. The topological polar surface area (TPSA) is 49.6 Å². The van der Waals surface area contributed by atoms with Crippen LogP contribution in [0.1, 0.15) is 34.3 Å². The molecule has 0 unspecified atom stereocenters. The van der Waals surface area contributed by atoms with Crippen molar-refractivity contribution in [2.24, 2.45) is 0 Å². The van der Waals surface area contributed by atoms with Crippen LogP contribution in [0, 0.1) is 6.92 Å². The van der Waals surface area contributed by atoms with Gasteiger partial charge in [-0.25, -0.2) is 0 Å². The summed E-state index contributed by atoms with van der Waals surface area (Å²) in [6, 6.07) is 9.91. The van der Waals surface area contributed by atoms with E-state index in [1.807, 2.05) is 42.2 Å². The molecule has 0 saturated carbocycles. The van der Waals surface area contributed by atoms with E-state index in [0.29, 0.717) is 0 Å². The number of amides is 1.